The first-order valence-electron chi connectivity index (χ1n) is 10.9. The summed E-state index contributed by atoms with van der Waals surface area (Å²) in [6.07, 6.45) is -3.01. The summed E-state index contributed by atoms with van der Waals surface area (Å²) in [6, 6.07) is 1.37. The number of nitrogens with zero attached hydrogens (tertiary/aromatic N) is 2. The Hall–Kier alpha value is -3.25. The number of carbonyl (C=O) groups is 3. The number of halogens is 4. The van der Waals surface area contributed by atoms with E-state index in [1.165, 1.54) is 11.9 Å². The number of urea groups is 2. The van der Waals surface area contributed by atoms with E-state index in [0.717, 1.165) is 25.0 Å². The van der Waals surface area contributed by atoms with Crippen molar-refractivity contribution >= 4 is 18.0 Å². The van der Waals surface area contributed by atoms with Crippen LogP contribution in [0.4, 0.5) is 27.2 Å². The third-order valence-corrected chi connectivity index (χ3v) is 6.38. The van der Waals surface area contributed by atoms with Gasteiger partial charge in [0.2, 0.25) is 5.91 Å². The summed E-state index contributed by atoms with van der Waals surface area (Å²) in [6.45, 7) is 0.661. The summed E-state index contributed by atoms with van der Waals surface area (Å²) in [5.74, 6) is -1.81. The van der Waals surface area contributed by atoms with Crippen LogP contribution in [0.15, 0.2) is 18.2 Å². The van der Waals surface area contributed by atoms with Gasteiger partial charge in [0.1, 0.15) is 11.6 Å². The van der Waals surface area contributed by atoms with Crippen LogP contribution in [-0.2, 0) is 11.3 Å². The van der Waals surface area contributed by atoms with Gasteiger partial charge in [-0.05, 0) is 25.3 Å². The average Bonchev–Trinajstić information content (AvgIpc) is 3.60. The van der Waals surface area contributed by atoms with Gasteiger partial charge < -0.3 is 30.5 Å². The Labute approximate surface area is 192 Å². The molecule has 13 heteroatoms. The van der Waals surface area contributed by atoms with Gasteiger partial charge in [0.05, 0.1) is 11.5 Å². The smallest absolute Gasteiger partial charge is 0.406 e. The highest BCUT2D eigenvalue weighted by Gasteiger charge is 2.55. The highest BCUT2D eigenvalue weighted by molar-refractivity contribution is 5.90. The number of nitrogens with one attached hydrogen (secondary N) is 3. The normalized spacial score (nSPS) is 24.2. The molecule has 3 aliphatic rings. The Morgan fingerprint density at radius 3 is 2.56 bits per heavy atom. The van der Waals surface area contributed by atoms with Crippen LogP contribution in [0.3, 0.4) is 0 Å². The number of hydrogen-bond donors (Lipinski definition) is 3. The first kappa shape index (κ1) is 23.9. The summed E-state index contributed by atoms with van der Waals surface area (Å²) >= 11 is 0. The fourth-order valence-corrected chi connectivity index (χ4v) is 4.58. The van der Waals surface area contributed by atoms with Gasteiger partial charge in [-0.1, -0.05) is 6.07 Å². The molecule has 3 fully saturated rings. The van der Waals surface area contributed by atoms with Crippen molar-refractivity contribution in [2.24, 2.45) is 5.41 Å². The van der Waals surface area contributed by atoms with Crippen LogP contribution in [0, 0.1) is 11.2 Å². The third kappa shape index (κ3) is 4.97. The first-order valence-corrected chi connectivity index (χ1v) is 10.9. The van der Waals surface area contributed by atoms with Gasteiger partial charge in [0.15, 0.2) is 0 Å². The molecule has 0 bridgehead atoms. The fraction of sp³-hybridized carbons (Fsp3) is 0.571. The van der Waals surface area contributed by atoms with Crippen LogP contribution in [0.2, 0.25) is 0 Å². The van der Waals surface area contributed by atoms with Crippen molar-refractivity contribution in [3.63, 3.8) is 0 Å². The van der Waals surface area contributed by atoms with Crippen molar-refractivity contribution in [3.05, 3.63) is 29.6 Å². The van der Waals surface area contributed by atoms with Gasteiger partial charge in [0.25, 0.3) is 0 Å². The van der Waals surface area contributed by atoms with E-state index in [4.69, 9.17) is 0 Å². The van der Waals surface area contributed by atoms with Crippen molar-refractivity contribution in [2.45, 2.75) is 44.3 Å². The second-order valence-corrected chi connectivity index (χ2v) is 8.85. The van der Waals surface area contributed by atoms with Gasteiger partial charge in [-0.2, -0.15) is 0 Å². The molecule has 1 aromatic rings. The lowest BCUT2D eigenvalue weighted by Gasteiger charge is -2.52. The minimum absolute atomic E-state index is 0.0101. The molecule has 4 rings (SSSR count). The monoisotopic (exact) mass is 487 g/mol. The van der Waals surface area contributed by atoms with Gasteiger partial charge in [-0.3, -0.25) is 4.79 Å². The van der Waals surface area contributed by atoms with Crippen molar-refractivity contribution in [2.75, 3.05) is 26.7 Å². The van der Waals surface area contributed by atoms with E-state index in [-0.39, 0.29) is 43.2 Å². The Kier molecular flexibility index (Phi) is 6.21. The number of ether oxygens (including phenoxy) is 1. The van der Waals surface area contributed by atoms with E-state index >= 15 is 0 Å². The van der Waals surface area contributed by atoms with Crippen molar-refractivity contribution in [3.8, 4) is 5.75 Å². The molecule has 1 aliphatic carbocycles. The number of amides is 5. The van der Waals surface area contributed by atoms with Crippen LogP contribution < -0.4 is 20.7 Å². The molecule has 2 atom stereocenters. The number of hydrogen-bond acceptors (Lipinski definition) is 4. The molecular weight excluding hydrogens is 462 g/mol. The SMILES string of the molecule is CNC(=O)N1C[C@H](N(C(=O)NCc2ccc(OC(F)(F)F)cc2F)C2CC2)CC2(CNC2=O)C1. The first-order chi connectivity index (χ1) is 16.0. The van der Waals surface area contributed by atoms with Crippen molar-refractivity contribution in [1.82, 2.24) is 25.8 Å². The lowest BCUT2D eigenvalue weighted by atomic mass is 9.72. The highest BCUT2D eigenvalue weighted by atomic mass is 19.4. The van der Waals surface area contributed by atoms with E-state index in [1.807, 2.05) is 0 Å². The average molecular weight is 487 g/mol. The second-order valence-electron chi connectivity index (χ2n) is 8.85. The maximum Gasteiger partial charge on any atom is 0.573 e. The molecular formula is C21H25F4N5O4. The topological polar surface area (TPSA) is 103 Å². The Balaban J connectivity index is 1.46. The van der Waals surface area contributed by atoms with Crippen LogP contribution in [0.5, 0.6) is 5.75 Å². The summed E-state index contributed by atoms with van der Waals surface area (Å²) < 4.78 is 54.9. The maximum absolute atomic E-state index is 14.3. The highest BCUT2D eigenvalue weighted by Crippen LogP contribution is 2.40. The molecule has 0 aromatic heterocycles. The van der Waals surface area contributed by atoms with E-state index in [2.05, 4.69) is 20.7 Å². The molecule has 34 heavy (non-hydrogen) atoms. The van der Waals surface area contributed by atoms with Crippen LogP contribution in [0.25, 0.3) is 0 Å². The Bertz CT molecular complexity index is 986. The van der Waals surface area contributed by atoms with Gasteiger partial charge in [-0.25, -0.2) is 14.0 Å². The molecule has 1 spiro atoms. The van der Waals surface area contributed by atoms with Gasteiger partial charge >= 0.3 is 18.4 Å². The van der Waals surface area contributed by atoms with E-state index in [9.17, 15) is 31.9 Å². The number of piperidine rings is 1. The van der Waals surface area contributed by atoms with E-state index in [0.29, 0.717) is 19.0 Å². The molecule has 186 valence electrons. The molecule has 3 N–H and O–H groups in total. The second kappa shape index (κ2) is 8.84. The molecule has 1 saturated carbocycles. The number of benzene rings is 1. The Morgan fingerprint density at radius 2 is 2.03 bits per heavy atom. The number of carbonyl (C=O) groups excluding carboxylic acids is 3. The zero-order chi connectivity index (χ0) is 24.7. The summed E-state index contributed by atoms with van der Waals surface area (Å²) in [5, 5.41) is 7.89. The predicted octanol–water partition coefficient (Wildman–Crippen LogP) is 1.93. The quantitative estimate of drug-likeness (QED) is 0.436. The molecule has 2 heterocycles. The zero-order valence-corrected chi connectivity index (χ0v) is 18.4. The number of likely N-dealkylation sites (tertiary alicyclic amines) is 1. The minimum Gasteiger partial charge on any atom is -0.406 e. The van der Waals surface area contributed by atoms with Crippen LogP contribution in [-0.4, -0.2) is 72.9 Å². The maximum atomic E-state index is 14.3. The Morgan fingerprint density at radius 1 is 1.29 bits per heavy atom. The van der Waals surface area contributed by atoms with Crippen molar-refractivity contribution < 1.29 is 36.7 Å². The number of β-lactam (4-membered cyclic amide) rings is 1. The number of rotatable bonds is 5. The summed E-state index contributed by atoms with van der Waals surface area (Å²) in [5.41, 5.74) is -0.771. The molecule has 1 aromatic carbocycles. The molecule has 2 saturated heterocycles. The largest absolute Gasteiger partial charge is 0.573 e. The summed E-state index contributed by atoms with van der Waals surface area (Å²) in [7, 11) is 1.49. The minimum atomic E-state index is -4.94. The molecule has 0 radical (unpaired) electrons. The third-order valence-electron chi connectivity index (χ3n) is 6.38. The molecule has 9 nitrogen and oxygen atoms in total. The lowest BCUT2D eigenvalue weighted by molar-refractivity contribution is -0.274. The van der Waals surface area contributed by atoms with Crippen LogP contribution in [0.1, 0.15) is 24.8 Å². The predicted molar refractivity (Wildman–Crippen MR) is 110 cm³/mol. The molecule has 2 aliphatic heterocycles. The number of alkyl halides is 3. The van der Waals surface area contributed by atoms with Gasteiger partial charge in [-0.15, -0.1) is 13.2 Å². The fourth-order valence-electron chi connectivity index (χ4n) is 4.58. The van der Waals surface area contributed by atoms with Crippen molar-refractivity contribution in [1.29, 1.82) is 0 Å². The molecule has 1 unspecified atom stereocenters. The lowest BCUT2D eigenvalue weighted by Crippen LogP contribution is -2.71. The molecule has 5 amide bonds. The van der Waals surface area contributed by atoms with E-state index in [1.54, 1.807) is 4.90 Å². The van der Waals surface area contributed by atoms with Crippen LogP contribution >= 0.6 is 0 Å². The standard InChI is InChI=1S/C21H25F4N5O4/c1-26-18(32)29-9-14(7-20(11-29)10-28-17(20)31)30(13-3-4-13)19(33)27-8-12-2-5-15(6-16(12)22)34-21(23,24)25/h2,5-6,13-14H,3-4,7-11H2,1H3,(H,26,32)(H,27,33)(H,28,31)/t14-,20?/m1/s1. The van der Waals surface area contributed by atoms with Gasteiger partial charge in [0, 0.05) is 50.9 Å². The summed E-state index contributed by atoms with van der Waals surface area (Å²) in [4.78, 5) is 40.9. The zero-order valence-electron chi connectivity index (χ0n) is 18.4. The van der Waals surface area contributed by atoms with E-state index < -0.39 is 35.4 Å².